The molecule has 0 aromatic heterocycles. The topological polar surface area (TPSA) is 67.6 Å². The fourth-order valence-electron chi connectivity index (χ4n) is 2.68. The Morgan fingerprint density at radius 3 is 2.84 bits per heavy atom. The second-order valence-electron chi connectivity index (χ2n) is 5.70. The van der Waals surface area contributed by atoms with Gasteiger partial charge < -0.3 is 20.7 Å². The molecule has 0 bridgehead atoms. The van der Waals surface area contributed by atoms with E-state index < -0.39 is 0 Å². The van der Waals surface area contributed by atoms with Gasteiger partial charge >= 0.3 is 0 Å². The lowest BCUT2D eigenvalue weighted by molar-refractivity contribution is -0.132. The summed E-state index contributed by atoms with van der Waals surface area (Å²) >= 11 is 1.96. The van der Waals surface area contributed by atoms with E-state index in [9.17, 15) is 4.79 Å². The van der Waals surface area contributed by atoms with Crippen LogP contribution in [0.15, 0.2) is 0 Å². The number of carbonyl (C=O) groups is 1. The lowest BCUT2D eigenvalue weighted by atomic mass is 9.97. The van der Waals surface area contributed by atoms with Crippen LogP contribution in [0.3, 0.4) is 0 Å². The van der Waals surface area contributed by atoms with Crippen LogP contribution >= 0.6 is 11.8 Å². The lowest BCUT2D eigenvalue weighted by Crippen LogP contribution is -2.54. The van der Waals surface area contributed by atoms with Crippen molar-refractivity contribution in [3.8, 4) is 0 Å². The number of nitrogens with one attached hydrogen (secondary N) is 1. The zero-order valence-corrected chi connectivity index (χ0v) is 12.7. The van der Waals surface area contributed by atoms with Crippen molar-refractivity contribution >= 4 is 17.7 Å². The monoisotopic (exact) mass is 287 g/mol. The molecule has 2 aliphatic heterocycles. The van der Waals surface area contributed by atoms with E-state index in [-0.39, 0.29) is 23.7 Å². The maximum Gasteiger partial charge on any atom is 0.249 e. The summed E-state index contributed by atoms with van der Waals surface area (Å²) in [5.41, 5.74) is 5.67. The van der Waals surface area contributed by atoms with Crippen LogP contribution in [0.1, 0.15) is 19.3 Å². The molecule has 2 rings (SSSR count). The molecule has 19 heavy (non-hydrogen) atoms. The van der Waals surface area contributed by atoms with Gasteiger partial charge in [0.1, 0.15) is 6.10 Å². The Kier molecular flexibility index (Phi) is 5.11. The van der Waals surface area contributed by atoms with Crippen molar-refractivity contribution in [2.75, 3.05) is 38.7 Å². The van der Waals surface area contributed by atoms with Gasteiger partial charge in [-0.15, -0.1) is 0 Å². The molecule has 0 radical (unpaired) electrons. The first-order valence-corrected chi connectivity index (χ1v) is 8.11. The molecule has 1 unspecified atom stereocenters. The Morgan fingerprint density at radius 2 is 2.32 bits per heavy atom. The summed E-state index contributed by atoms with van der Waals surface area (Å²) in [6, 6.07) is 0. The predicted molar refractivity (Wildman–Crippen MR) is 78.3 cm³/mol. The minimum Gasteiger partial charge on any atom is -0.364 e. The summed E-state index contributed by atoms with van der Waals surface area (Å²) in [4.78, 5) is 14.4. The smallest absolute Gasteiger partial charge is 0.249 e. The van der Waals surface area contributed by atoms with Gasteiger partial charge in [-0.2, -0.15) is 11.8 Å². The number of hydrogen-bond donors (Lipinski definition) is 2. The summed E-state index contributed by atoms with van der Waals surface area (Å²) in [6.07, 6.45) is 2.56. The Hall–Kier alpha value is -0.300. The molecule has 0 spiro atoms. The Balaban J connectivity index is 1.83. The van der Waals surface area contributed by atoms with E-state index in [4.69, 9.17) is 10.5 Å². The highest BCUT2D eigenvalue weighted by atomic mass is 32.2. The van der Waals surface area contributed by atoms with Crippen molar-refractivity contribution < 1.29 is 9.53 Å². The molecule has 1 amide bonds. The third-order valence-corrected chi connectivity index (χ3v) is 5.52. The van der Waals surface area contributed by atoms with Crippen LogP contribution in [-0.2, 0) is 9.53 Å². The number of nitrogens with two attached hydrogens (primary N) is 1. The van der Waals surface area contributed by atoms with Crippen LogP contribution in [-0.4, -0.2) is 67.2 Å². The van der Waals surface area contributed by atoms with Crippen LogP contribution in [0.2, 0.25) is 0 Å². The van der Waals surface area contributed by atoms with E-state index >= 15 is 0 Å². The third-order valence-electron chi connectivity index (χ3n) is 4.29. The lowest BCUT2D eigenvalue weighted by Gasteiger charge is -2.36. The predicted octanol–water partition coefficient (Wildman–Crippen LogP) is 0.0462. The van der Waals surface area contributed by atoms with Gasteiger partial charge in [-0.1, -0.05) is 0 Å². The molecule has 0 aromatic rings. The molecule has 0 aromatic carbocycles. The molecule has 2 heterocycles. The van der Waals surface area contributed by atoms with Crippen LogP contribution in [0.25, 0.3) is 0 Å². The second kappa shape index (κ2) is 6.43. The van der Waals surface area contributed by atoms with Gasteiger partial charge in [0.05, 0.1) is 6.10 Å². The van der Waals surface area contributed by atoms with E-state index in [1.165, 1.54) is 5.75 Å². The van der Waals surface area contributed by atoms with E-state index in [1.54, 1.807) is 0 Å². The van der Waals surface area contributed by atoms with E-state index in [0.717, 1.165) is 25.0 Å². The molecule has 5 nitrogen and oxygen atoms in total. The number of hydrogen-bond acceptors (Lipinski definition) is 5. The molecule has 2 saturated heterocycles. The van der Waals surface area contributed by atoms with Gasteiger partial charge in [-0.05, 0) is 39.1 Å². The Morgan fingerprint density at radius 1 is 1.53 bits per heavy atom. The zero-order chi connectivity index (χ0) is 13.9. The van der Waals surface area contributed by atoms with Crippen molar-refractivity contribution in [1.82, 2.24) is 10.2 Å². The first-order valence-electron chi connectivity index (χ1n) is 6.96. The van der Waals surface area contributed by atoms with Crippen LogP contribution in [0.5, 0.6) is 0 Å². The summed E-state index contributed by atoms with van der Waals surface area (Å²) in [7, 11) is 4.18. The van der Waals surface area contributed by atoms with Gasteiger partial charge in [0.2, 0.25) is 5.91 Å². The highest BCUT2D eigenvalue weighted by molar-refractivity contribution is 7.99. The van der Waals surface area contributed by atoms with Crippen molar-refractivity contribution in [2.24, 2.45) is 5.73 Å². The van der Waals surface area contributed by atoms with Gasteiger partial charge in [0.25, 0.3) is 0 Å². The van der Waals surface area contributed by atoms with Crippen LogP contribution < -0.4 is 11.1 Å². The summed E-state index contributed by atoms with van der Waals surface area (Å²) in [5.74, 6) is 2.27. The molecular weight excluding hydrogens is 262 g/mol. The summed E-state index contributed by atoms with van der Waals surface area (Å²) in [5, 5.41) is 3.07. The number of rotatable bonds is 5. The van der Waals surface area contributed by atoms with Crippen molar-refractivity contribution in [3.05, 3.63) is 0 Å². The molecule has 0 aliphatic carbocycles. The molecule has 2 aliphatic rings. The maximum absolute atomic E-state index is 12.1. The Labute approximate surface area is 119 Å². The third kappa shape index (κ3) is 3.42. The molecule has 0 saturated carbocycles. The maximum atomic E-state index is 12.1. The quantitative estimate of drug-likeness (QED) is 0.748. The van der Waals surface area contributed by atoms with Crippen LogP contribution in [0, 0.1) is 0 Å². The fourth-order valence-corrected chi connectivity index (χ4v) is 4.24. The molecule has 6 heteroatoms. The molecule has 110 valence electrons. The van der Waals surface area contributed by atoms with E-state index in [1.807, 2.05) is 11.8 Å². The van der Waals surface area contributed by atoms with E-state index in [0.29, 0.717) is 13.1 Å². The van der Waals surface area contributed by atoms with Crippen LogP contribution in [0.4, 0.5) is 0 Å². The Bertz CT molecular complexity index is 319. The number of nitrogens with zero attached hydrogens (tertiary/aromatic N) is 1. The SMILES string of the molecule is CN(C)C1(CNC(=O)[C@@H]2CC[C@H](CN)O2)CCSC1. The van der Waals surface area contributed by atoms with Crippen molar-refractivity contribution in [2.45, 2.75) is 37.0 Å². The van der Waals surface area contributed by atoms with Crippen molar-refractivity contribution in [1.29, 1.82) is 0 Å². The molecular formula is C13H25N3O2S. The number of amides is 1. The zero-order valence-electron chi connectivity index (χ0n) is 11.9. The minimum atomic E-state index is -0.304. The first-order chi connectivity index (χ1) is 9.07. The molecule has 3 N–H and O–H groups in total. The second-order valence-corrected chi connectivity index (χ2v) is 6.80. The first kappa shape index (κ1) is 15.1. The highest BCUT2D eigenvalue weighted by Crippen LogP contribution is 2.31. The van der Waals surface area contributed by atoms with Gasteiger partial charge in [-0.25, -0.2) is 0 Å². The molecule has 3 atom stereocenters. The highest BCUT2D eigenvalue weighted by Gasteiger charge is 2.38. The fraction of sp³-hybridized carbons (Fsp3) is 0.923. The largest absolute Gasteiger partial charge is 0.364 e. The van der Waals surface area contributed by atoms with Gasteiger partial charge in [0.15, 0.2) is 0 Å². The molecule has 2 fully saturated rings. The average Bonchev–Trinajstić information content (AvgIpc) is 3.05. The standard InChI is InChI=1S/C13H25N3O2S/c1-16(2)13(5-6-19-9-13)8-15-12(17)11-4-3-10(7-14)18-11/h10-11H,3-9,14H2,1-2H3,(H,15,17)/t10-,11+,13?/m1/s1. The summed E-state index contributed by atoms with van der Waals surface area (Å²) < 4.78 is 5.63. The minimum absolute atomic E-state index is 0.0223. The van der Waals surface area contributed by atoms with Gasteiger partial charge in [0, 0.05) is 24.4 Å². The number of thioether (sulfide) groups is 1. The van der Waals surface area contributed by atoms with Crippen molar-refractivity contribution in [3.63, 3.8) is 0 Å². The number of likely N-dealkylation sites (N-methyl/N-ethyl adjacent to an activating group) is 1. The van der Waals surface area contributed by atoms with Gasteiger partial charge in [-0.3, -0.25) is 4.79 Å². The number of ether oxygens (including phenoxy) is 1. The normalized spacial score (nSPS) is 34.9. The average molecular weight is 287 g/mol. The van der Waals surface area contributed by atoms with E-state index in [2.05, 4.69) is 24.3 Å². The number of carbonyl (C=O) groups excluding carboxylic acids is 1. The summed E-state index contributed by atoms with van der Waals surface area (Å²) in [6.45, 7) is 1.21.